The highest BCUT2D eigenvalue weighted by molar-refractivity contribution is 7.12. The summed E-state index contributed by atoms with van der Waals surface area (Å²) >= 11 is 1.96. The Morgan fingerprint density at radius 2 is 1.93 bits per heavy atom. The summed E-state index contributed by atoms with van der Waals surface area (Å²) in [6, 6.07) is 2.32. The van der Waals surface area contributed by atoms with Gasteiger partial charge in [0.25, 0.3) is 0 Å². The van der Waals surface area contributed by atoms with E-state index in [2.05, 4.69) is 26.8 Å². The van der Waals surface area contributed by atoms with Crippen molar-refractivity contribution >= 4 is 11.3 Å². The Morgan fingerprint density at radius 1 is 1.27 bits per heavy atom. The molecule has 0 N–H and O–H groups in total. The first kappa shape index (κ1) is 12.7. The fourth-order valence-electron chi connectivity index (χ4n) is 1.52. The maximum atomic E-state index is 5.43. The molecular weight excluding hydrogens is 204 g/mol. The monoisotopic (exact) mass is 226 g/mol. The van der Waals surface area contributed by atoms with Gasteiger partial charge >= 0.3 is 0 Å². The first-order valence-corrected chi connectivity index (χ1v) is 6.59. The topological polar surface area (TPSA) is 9.23 Å². The Balaban J connectivity index is 0.000000531. The van der Waals surface area contributed by atoms with Gasteiger partial charge < -0.3 is 4.74 Å². The molecule has 0 bridgehead atoms. The summed E-state index contributed by atoms with van der Waals surface area (Å²) in [6.07, 6.45) is 1.11. The molecule has 0 unspecified atom stereocenters. The van der Waals surface area contributed by atoms with Crippen LogP contribution in [-0.4, -0.2) is 6.61 Å². The normalized spacial score (nSPS) is 15.3. The molecule has 1 aromatic rings. The van der Waals surface area contributed by atoms with Crippen LogP contribution in [0.3, 0.4) is 0 Å². The van der Waals surface area contributed by atoms with Gasteiger partial charge in [0.2, 0.25) is 0 Å². The SMILES string of the molecule is CC.CC(C)(C)c1cc2c(s1)CCOC2. The van der Waals surface area contributed by atoms with Crippen LogP contribution in [0.4, 0.5) is 0 Å². The summed E-state index contributed by atoms with van der Waals surface area (Å²) < 4.78 is 5.43. The van der Waals surface area contributed by atoms with Crippen LogP contribution in [0.2, 0.25) is 0 Å². The summed E-state index contributed by atoms with van der Waals surface area (Å²) in [4.78, 5) is 3.03. The lowest BCUT2D eigenvalue weighted by molar-refractivity contribution is 0.112. The first-order valence-electron chi connectivity index (χ1n) is 5.77. The number of fused-ring (bicyclic) bond motifs is 1. The maximum Gasteiger partial charge on any atom is 0.0727 e. The van der Waals surface area contributed by atoms with E-state index in [1.54, 1.807) is 0 Å². The average Bonchev–Trinajstić information content (AvgIpc) is 2.63. The van der Waals surface area contributed by atoms with Crippen molar-refractivity contribution in [2.24, 2.45) is 0 Å². The van der Waals surface area contributed by atoms with Gasteiger partial charge in [0.1, 0.15) is 0 Å². The van der Waals surface area contributed by atoms with Gasteiger partial charge in [-0.3, -0.25) is 0 Å². The van der Waals surface area contributed by atoms with Crippen LogP contribution >= 0.6 is 11.3 Å². The van der Waals surface area contributed by atoms with E-state index in [4.69, 9.17) is 4.74 Å². The highest BCUT2D eigenvalue weighted by atomic mass is 32.1. The molecule has 0 amide bonds. The van der Waals surface area contributed by atoms with Crippen LogP contribution < -0.4 is 0 Å². The molecule has 2 rings (SSSR count). The third kappa shape index (κ3) is 3.05. The molecule has 1 aromatic heterocycles. The van der Waals surface area contributed by atoms with Crippen molar-refractivity contribution in [2.75, 3.05) is 6.61 Å². The third-order valence-electron chi connectivity index (χ3n) is 2.37. The van der Waals surface area contributed by atoms with E-state index in [0.29, 0.717) is 5.41 Å². The molecule has 1 aliphatic rings. The van der Waals surface area contributed by atoms with Crippen LogP contribution in [-0.2, 0) is 23.2 Å². The minimum absolute atomic E-state index is 0.294. The van der Waals surface area contributed by atoms with Crippen molar-refractivity contribution in [1.82, 2.24) is 0 Å². The molecule has 0 aromatic carbocycles. The Morgan fingerprint density at radius 3 is 2.47 bits per heavy atom. The maximum absolute atomic E-state index is 5.43. The lowest BCUT2D eigenvalue weighted by atomic mass is 9.94. The van der Waals surface area contributed by atoms with Crippen molar-refractivity contribution in [2.45, 2.75) is 53.1 Å². The summed E-state index contributed by atoms with van der Waals surface area (Å²) in [5, 5.41) is 0. The highest BCUT2D eigenvalue weighted by Crippen LogP contribution is 2.34. The van der Waals surface area contributed by atoms with Gasteiger partial charge in [-0.1, -0.05) is 34.6 Å². The second-order valence-electron chi connectivity index (χ2n) is 4.61. The van der Waals surface area contributed by atoms with Gasteiger partial charge in [-0.05, 0) is 17.0 Å². The van der Waals surface area contributed by atoms with Gasteiger partial charge in [0, 0.05) is 16.2 Å². The average molecular weight is 226 g/mol. The summed E-state index contributed by atoms with van der Waals surface area (Å²) in [7, 11) is 0. The van der Waals surface area contributed by atoms with Gasteiger partial charge in [0.05, 0.1) is 13.2 Å². The zero-order valence-corrected chi connectivity index (χ0v) is 11.3. The number of ether oxygens (including phenoxy) is 1. The fraction of sp³-hybridized carbons (Fsp3) is 0.692. The summed E-state index contributed by atoms with van der Waals surface area (Å²) in [5.74, 6) is 0. The van der Waals surface area contributed by atoms with Gasteiger partial charge in [-0.15, -0.1) is 11.3 Å². The molecule has 2 heterocycles. The Bertz CT molecular complexity index is 283. The van der Waals surface area contributed by atoms with E-state index in [1.165, 1.54) is 15.3 Å². The van der Waals surface area contributed by atoms with Crippen molar-refractivity contribution < 1.29 is 4.74 Å². The number of rotatable bonds is 0. The molecule has 0 aliphatic carbocycles. The fourth-order valence-corrected chi connectivity index (χ4v) is 2.72. The van der Waals surface area contributed by atoms with E-state index in [-0.39, 0.29) is 0 Å². The van der Waals surface area contributed by atoms with Crippen molar-refractivity contribution in [3.05, 3.63) is 21.4 Å². The lowest BCUT2D eigenvalue weighted by Gasteiger charge is -2.15. The van der Waals surface area contributed by atoms with E-state index in [9.17, 15) is 0 Å². The van der Waals surface area contributed by atoms with E-state index in [0.717, 1.165) is 19.6 Å². The second-order valence-corrected chi connectivity index (χ2v) is 5.75. The molecule has 15 heavy (non-hydrogen) atoms. The molecule has 2 heteroatoms. The predicted molar refractivity (Wildman–Crippen MR) is 67.7 cm³/mol. The van der Waals surface area contributed by atoms with E-state index in [1.807, 2.05) is 25.2 Å². The number of hydrogen-bond donors (Lipinski definition) is 0. The molecule has 0 radical (unpaired) electrons. The Kier molecular flexibility index (Phi) is 4.35. The van der Waals surface area contributed by atoms with Crippen LogP contribution in [0.15, 0.2) is 6.07 Å². The zero-order chi connectivity index (χ0) is 11.5. The summed E-state index contributed by atoms with van der Waals surface area (Å²) in [6.45, 7) is 12.5. The van der Waals surface area contributed by atoms with Crippen LogP contribution in [0.1, 0.15) is 49.9 Å². The minimum Gasteiger partial charge on any atom is -0.376 e. The van der Waals surface area contributed by atoms with E-state index < -0.39 is 0 Å². The lowest BCUT2D eigenvalue weighted by Crippen LogP contribution is -2.08. The van der Waals surface area contributed by atoms with Crippen molar-refractivity contribution in [1.29, 1.82) is 0 Å². The van der Waals surface area contributed by atoms with Gasteiger partial charge in [-0.25, -0.2) is 0 Å². The minimum atomic E-state index is 0.294. The Hall–Kier alpha value is -0.340. The predicted octanol–water partition coefficient (Wildman–Crippen LogP) is 4.14. The number of thiophene rings is 1. The molecule has 1 aliphatic heterocycles. The standard InChI is InChI=1S/C11H16OS.C2H6/c1-11(2,3)10-6-8-7-12-5-4-9(8)13-10;1-2/h6H,4-5,7H2,1-3H3;1-2H3. The molecule has 1 nitrogen and oxygen atoms in total. The third-order valence-corrected chi connectivity index (χ3v) is 4.03. The van der Waals surface area contributed by atoms with E-state index >= 15 is 0 Å². The number of hydrogen-bond acceptors (Lipinski definition) is 2. The molecule has 0 fully saturated rings. The van der Waals surface area contributed by atoms with Crippen molar-refractivity contribution in [3.63, 3.8) is 0 Å². The van der Waals surface area contributed by atoms with Gasteiger partial charge in [0.15, 0.2) is 0 Å². The van der Waals surface area contributed by atoms with Gasteiger partial charge in [-0.2, -0.15) is 0 Å². The quantitative estimate of drug-likeness (QED) is 0.646. The second kappa shape index (κ2) is 5.13. The highest BCUT2D eigenvalue weighted by Gasteiger charge is 2.20. The molecule has 0 saturated heterocycles. The van der Waals surface area contributed by atoms with Crippen LogP contribution in [0, 0.1) is 0 Å². The summed E-state index contributed by atoms with van der Waals surface area (Å²) in [5.41, 5.74) is 1.71. The zero-order valence-electron chi connectivity index (χ0n) is 10.5. The van der Waals surface area contributed by atoms with Crippen LogP contribution in [0.25, 0.3) is 0 Å². The molecule has 86 valence electrons. The molecular formula is C13H22OS. The Labute approximate surface area is 97.5 Å². The smallest absolute Gasteiger partial charge is 0.0727 e. The molecule has 0 saturated carbocycles. The van der Waals surface area contributed by atoms with Crippen LogP contribution in [0.5, 0.6) is 0 Å². The molecule has 0 spiro atoms. The first-order chi connectivity index (χ1) is 7.07. The van der Waals surface area contributed by atoms with Crippen molar-refractivity contribution in [3.8, 4) is 0 Å². The largest absolute Gasteiger partial charge is 0.376 e. The molecule has 0 atom stereocenters.